The van der Waals surface area contributed by atoms with Crippen LogP contribution in [0.1, 0.15) is 38.7 Å². The number of nitrogens with zero attached hydrogens (tertiary/aromatic N) is 1. The summed E-state index contributed by atoms with van der Waals surface area (Å²) >= 11 is 11.9. The zero-order chi connectivity index (χ0) is 14.9. The lowest BCUT2D eigenvalue weighted by molar-refractivity contribution is -0.142. The fraction of sp³-hybridized carbons (Fsp3) is 0.533. The average Bonchev–Trinajstić information content (AvgIpc) is 2.36. The van der Waals surface area contributed by atoms with Crippen LogP contribution in [-0.2, 0) is 11.3 Å². The number of hydrogen-bond donors (Lipinski definition) is 1. The number of hydrogen-bond acceptors (Lipinski definition) is 2. The third-order valence-corrected chi connectivity index (χ3v) is 4.63. The lowest BCUT2D eigenvalue weighted by atomic mass is 9.76. The fourth-order valence-electron chi connectivity index (χ4n) is 2.38. The average molecular weight is 315 g/mol. The minimum absolute atomic E-state index is 0.0322. The quantitative estimate of drug-likeness (QED) is 0.922. The fourth-order valence-corrected chi connectivity index (χ4v) is 2.70. The van der Waals surface area contributed by atoms with Gasteiger partial charge in [0.2, 0.25) is 5.91 Å². The van der Waals surface area contributed by atoms with Gasteiger partial charge in [-0.15, -0.1) is 0 Å². The van der Waals surface area contributed by atoms with E-state index in [4.69, 9.17) is 28.9 Å². The van der Waals surface area contributed by atoms with Crippen LogP contribution in [-0.4, -0.2) is 22.4 Å². The smallest absolute Gasteiger partial charge is 0.243 e. The Balaban J connectivity index is 2.17. The van der Waals surface area contributed by atoms with E-state index in [1.54, 1.807) is 12.1 Å². The van der Waals surface area contributed by atoms with Crippen LogP contribution < -0.4 is 5.73 Å². The molecule has 5 heteroatoms. The molecule has 0 radical (unpaired) electrons. The van der Waals surface area contributed by atoms with Crippen molar-refractivity contribution in [3.63, 3.8) is 0 Å². The highest BCUT2D eigenvalue weighted by molar-refractivity contribution is 6.42. The molecule has 0 aromatic heterocycles. The van der Waals surface area contributed by atoms with Gasteiger partial charge in [-0.2, -0.15) is 0 Å². The van der Waals surface area contributed by atoms with Crippen molar-refractivity contribution < 1.29 is 4.79 Å². The van der Waals surface area contributed by atoms with Crippen molar-refractivity contribution in [1.29, 1.82) is 0 Å². The second kappa shape index (κ2) is 5.92. The second-order valence-electron chi connectivity index (χ2n) is 5.78. The van der Waals surface area contributed by atoms with Crippen molar-refractivity contribution >= 4 is 29.1 Å². The van der Waals surface area contributed by atoms with Crippen LogP contribution in [0.4, 0.5) is 0 Å². The summed E-state index contributed by atoms with van der Waals surface area (Å²) in [5.41, 5.74) is 6.45. The van der Waals surface area contributed by atoms with Gasteiger partial charge < -0.3 is 10.6 Å². The van der Waals surface area contributed by atoms with Crippen molar-refractivity contribution in [2.45, 2.75) is 51.2 Å². The number of benzene rings is 1. The molecule has 0 aliphatic heterocycles. The SMILES string of the molecule is CC(C)N(Cc1ccc(Cl)c(Cl)c1)C(=O)C1(N)CCC1. The van der Waals surface area contributed by atoms with Crippen LogP contribution in [0.25, 0.3) is 0 Å². The maximum atomic E-state index is 12.6. The van der Waals surface area contributed by atoms with E-state index >= 15 is 0 Å². The molecule has 0 heterocycles. The summed E-state index contributed by atoms with van der Waals surface area (Å²) < 4.78 is 0. The molecule has 2 N–H and O–H groups in total. The van der Waals surface area contributed by atoms with Gasteiger partial charge in [0.15, 0.2) is 0 Å². The molecule has 0 bridgehead atoms. The van der Waals surface area contributed by atoms with Gasteiger partial charge in [-0.25, -0.2) is 0 Å². The number of nitrogens with two attached hydrogens (primary N) is 1. The lowest BCUT2D eigenvalue weighted by Crippen LogP contribution is -2.60. The van der Waals surface area contributed by atoms with Gasteiger partial charge in [0.1, 0.15) is 0 Å². The summed E-state index contributed by atoms with van der Waals surface area (Å²) in [7, 11) is 0. The van der Waals surface area contributed by atoms with E-state index in [1.807, 2.05) is 24.8 Å². The van der Waals surface area contributed by atoms with Gasteiger partial charge >= 0.3 is 0 Å². The minimum Gasteiger partial charge on any atom is -0.334 e. The Morgan fingerprint density at radius 2 is 2.00 bits per heavy atom. The lowest BCUT2D eigenvalue weighted by Gasteiger charge is -2.42. The molecule has 0 saturated heterocycles. The highest BCUT2D eigenvalue weighted by atomic mass is 35.5. The molecule has 1 fully saturated rings. The van der Waals surface area contributed by atoms with Gasteiger partial charge in [0, 0.05) is 12.6 Å². The first-order valence-corrected chi connectivity index (χ1v) is 7.63. The van der Waals surface area contributed by atoms with Crippen molar-refractivity contribution in [2.75, 3.05) is 0 Å². The first-order valence-electron chi connectivity index (χ1n) is 6.87. The summed E-state index contributed by atoms with van der Waals surface area (Å²) in [6.45, 7) is 4.50. The number of amides is 1. The minimum atomic E-state index is -0.666. The summed E-state index contributed by atoms with van der Waals surface area (Å²) in [5.74, 6) is 0.0322. The second-order valence-corrected chi connectivity index (χ2v) is 6.60. The van der Waals surface area contributed by atoms with Crippen LogP contribution in [0.5, 0.6) is 0 Å². The molecule has 1 aliphatic carbocycles. The van der Waals surface area contributed by atoms with Crippen LogP contribution >= 0.6 is 23.2 Å². The Kier molecular flexibility index (Phi) is 4.62. The Morgan fingerprint density at radius 1 is 1.35 bits per heavy atom. The molecule has 1 saturated carbocycles. The van der Waals surface area contributed by atoms with Crippen molar-refractivity contribution in [3.8, 4) is 0 Å². The van der Waals surface area contributed by atoms with Gasteiger partial charge in [-0.05, 0) is 50.8 Å². The van der Waals surface area contributed by atoms with E-state index in [0.717, 1.165) is 24.8 Å². The monoisotopic (exact) mass is 314 g/mol. The molecule has 3 nitrogen and oxygen atoms in total. The van der Waals surface area contributed by atoms with Crippen molar-refractivity contribution in [3.05, 3.63) is 33.8 Å². The molecule has 1 amide bonds. The third-order valence-electron chi connectivity index (χ3n) is 3.89. The summed E-state index contributed by atoms with van der Waals surface area (Å²) in [6.07, 6.45) is 2.58. The molecule has 2 rings (SSSR count). The maximum Gasteiger partial charge on any atom is 0.243 e. The molecule has 20 heavy (non-hydrogen) atoms. The van der Waals surface area contributed by atoms with Crippen LogP contribution in [0, 0.1) is 0 Å². The molecule has 1 aromatic rings. The topological polar surface area (TPSA) is 46.3 Å². The van der Waals surface area contributed by atoms with E-state index in [0.29, 0.717) is 16.6 Å². The standard InChI is InChI=1S/C15H20Cl2N2O/c1-10(2)19(14(20)15(18)6-3-7-15)9-11-4-5-12(16)13(17)8-11/h4-5,8,10H,3,6-7,9,18H2,1-2H3. The van der Waals surface area contributed by atoms with Crippen LogP contribution in [0.15, 0.2) is 18.2 Å². The van der Waals surface area contributed by atoms with E-state index in [2.05, 4.69) is 0 Å². The summed E-state index contributed by atoms with van der Waals surface area (Å²) in [6, 6.07) is 5.54. The van der Waals surface area contributed by atoms with Crippen LogP contribution in [0.2, 0.25) is 10.0 Å². The Bertz CT molecular complexity index is 513. The number of halogens is 2. The van der Waals surface area contributed by atoms with Gasteiger partial charge in [0.05, 0.1) is 15.6 Å². The first kappa shape index (κ1) is 15.6. The molecule has 0 spiro atoms. The Morgan fingerprint density at radius 3 is 2.45 bits per heavy atom. The number of carbonyl (C=O) groups is 1. The van der Waals surface area contributed by atoms with E-state index < -0.39 is 5.54 Å². The predicted molar refractivity (Wildman–Crippen MR) is 82.9 cm³/mol. The molecule has 110 valence electrons. The summed E-state index contributed by atoms with van der Waals surface area (Å²) in [5, 5.41) is 1.03. The third kappa shape index (κ3) is 3.11. The zero-order valence-electron chi connectivity index (χ0n) is 11.8. The molecule has 1 aliphatic rings. The van der Waals surface area contributed by atoms with Gasteiger partial charge in [-0.1, -0.05) is 29.3 Å². The Labute approximate surface area is 130 Å². The van der Waals surface area contributed by atoms with Crippen molar-refractivity contribution in [1.82, 2.24) is 4.90 Å². The van der Waals surface area contributed by atoms with Gasteiger partial charge in [0.25, 0.3) is 0 Å². The highest BCUT2D eigenvalue weighted by Gasteiger charge is 2.43. The number of carbonyl (C=O) groups excluding carboxylic acids is 1. The molecule has 1 aromatic carbocycles. The van der Waals surface area contributed by atoms with E-state index in [1.165, 1.54) is 0 Å². The molecule has 0 atom stereocenters. The zero-order valence-corrected chi connectivity index (χ0v) is 13.3. The summed E-state index contributed by atoms with van der Waals surface area (Å²) in [4.78, 5) is 14.4. The predicted octanol–water partition coefficient (Wildman–Crippen LogP) is 3.61. The molecular weight excluding hydrogens is 295 g/mol. The Hall–Kier alpha value is -0.770. The van der Waals surface area contributed by atoms with E-state index in [-0.39, 0.29) is 11.9 Å². The van der Waals surface area contributed by atoms with E-state index in [9.17, 15) is 4.79 Å². The first-order chi connectivity index (χ1) is 9.33. The highest BCUT2D eigenvalue weighted by Crippen LogP contribution is 2.32. The molecular formula is C15H20Cl2N2O. The van der Waals surface area contributed by atoms with Gasteiger partial charge in [-0.3, -0.25) is 4.79 Å². The van der Waals surface area contributed by atoms with Crippen LogP contribution in [0.3, 0.4) is 0 Å². The normalized spacial score (nSPS) is 16.9. The number of rotatable bonds is 4. The largest absolute Gasteiger partial charge is 0.334 e. The maximum absolute atomic E-state index is 12.6. The van der Waals surface area contributed by atoms with Crippen molar-refractivity contribution in [2.24, 2.45) is 5.73 Å². The molecule has 0 unspecified atom stereocenters.